The lowest BCUT2D eigenvalue weighted by molar-refractivity contribution is 0.0577. The number of hydrogen-bond acceptors (Lipinski definition) is 5. The highest BCUT2D eigenvalue weighted by Gasteiger charge is 2.35. The van der Waals surface area contributed by atoms with E-state index in [4.69, 9.17) is 4.74 Å². The minimum absolute atomic E-state index is 0.390. The molecule has 6 rings (SSSR count). The van der Waals surface area contributed by atoms with Crippen LogP contribution >= 0.6 is 0 Å². The van der Waals surface area contributed by atoms with Crippen LogP contribution in [0.1, 0.15) is 64.3 Å². The van der Waals surface area contributed by atoms with E-state index >= 15 is 0 Å². The number of pyridine rings is 2. The average Bonchev–Trinajstić information content (AvgIpc) is 3.16. The molecule has 8 nitrogen and oxygen atoms in total. The van der Waals surface area contributed by atoms with Gasteiger partial charge in [0.05, 0.1) is 24.5 Å². The van der Waals surface area contributed by atoms with E-state index in [1.165, 1.54) is 4.90 Å². The molecule has 0 aliphatic rings. The van der Waals surface area contributed by atoms with Crippen LogP contribution in [0.2, 0.25) is 0 Å². The number of benzene rings is 4. The summed E-state index contributed by atoms with van der Waals surface area (Å²) in [7, 11) is 0. The molecule has 0 bridgehead atoms. The van der Waals surface area contributed by atoms with Crippen LogP contribution in [-0.4, -0.2) is 43.3 Å². The van der Waals surface area contributed by atoms with E-state index in [1.807, 2.05) is 181 Å². The zero-order chi connectivity index (χ0) is 38.7. The quantitative estimate of drug-likeness (QED) is 0.168. The zero-order valence-electron chi connectivity index (χ0n) is 31.8. The average molecular weight is 721 g/mol. The first-order valence-electron chi connectivity index (χ1n) is 17.9. The number of anilines is 1. The van der Waals surface area contributed by atoms with Crippen LogP contribution < -0.4 is 4.90 Å². The maximum absolute atomic E-state index is 12.9. The molecule has 0 radical (unpaired) electrons. The topological polar surface area (TPSA) is 95.9 Å². The number of carbonyl (C=O) groups excluding carboxylic acids is 1. The summed E-state index contributed by atoms with van der Waals surface area (Å²) in [6.45, 7) is 11.7. The summed E-state index contributed by atoms with van der Waals surface area (Å²) in [6, 6.07) is 43.1. The fourth-order valence-electron chi connectivity index (χ4n) is 6.01. The number of rotatable bonds is 8. The van der Waals surface area contributed by atoms with Crippen molar-refractivity contribution in [3.8, 4) is 22.3 Å². The van der Waals surface area contributed by atoms with E-state index in [0.29, 0.717) is 12.2 Å². The van der Waals surface area contributed by atoms with Gasteiger partial charge >= 0.3 is 12.2 Å². The maximum Gasteiger partial charge on any atom is 0.415 e. The van der Waals surface area contributed by atoms with Gasteiger partial charge in [0.2, 0.25) is 0 Å². The standard InChI is InChI=1S/2C23H24N2O2/c1-23(2,3)27-22(26)25(17-18-10-6-4-7-11-18)21-14-20(15-24-16-21)19-12-8-5-9-13-19;1-23(2,3)25(22(26)27)21(18-12-8-5-9-13-18)20-14-19(15-24-16-20)17-10-6-4-7-11-17/h4-16H,17H2,1-3H3;4-16,21H,1-3H3,(H,26,27). The van der Waals surface area contributed by atoms with Gasteiger partial charge in [-0.05, 0) is 81.5 Å². The monoisotopic (exact) mass is 720 g/mol. The van der Waals surface area contributed by atoms with Crippen LogP contribution in [0.4, 0.5) is 15.3 Å². The highest BCUT2D eigenvalue weighted by molar-refractivity contribution is 5.88. The predicted octanol–water partition coefficient (Wildman–Crippen LogP) is 11.3. The highest BCUT2D eigenvalue weighted by Crippen LogP contribution is 2.35. The molecule has 54 heavy (non-hydrogen) atoms. The van der Waals surface area contributed by atoms with E-state index in [1.54, 1.807) is 23.5 Å². The summed E-state index contributed by atoms with van der Waals surface area (Å²) in [5.41, 5.74) is 6.37. The van der Waals surface area contributed by atoms with Crippen molar-refractivity contribution in [2.75, 3.05) is 4.90 Å². The second-order valence-electron chi connectivity index (χ2n) is 14.9. The van der Waals surface area contributed by atoms with Gasteiger partial charge in [0, 0.05) is 35.3 Å². The van der Waals surface area contributed by atoms with Gasteiger partial charge < -0.3 is 9.84 Å². The normalized spacial score (nSPS) is 11.7. The summed E-state index contributed by atoms with van der Waals surface area (Å²) >= 11 is 0. The van der Waals surface area contributed by atoms with Crippen LogP contribution in [0.3, 0.4) is 0 Å². The van der Waals surface area contributed by atoms with Crippen molar-refractivity contribution in [3.05, 3.63) is 175 Å². The van der Waals surface area contributed by atoms with Gasteiger partial charge in [-0.3, -0.25) is 19.8 Å². The first-order chi connectivity index (χ1) is 25.8. The molecule has 1 unspecified atom stereocenters. The van der Waals surface area contributed by atoms with Crippen molar-refractivity contribution < 1.29 is 19.4 Å². The molecule has 0 fully saturated rings. The minimum Gasteiger partial charge on any atom is -0.465 e. The largest absolute Gasteiger partial charge is 0.465 e. The Morgan fingerprint density at radius 3 is 1.59 bits per heavy atom. The van der Waals surface area contributed by atoms with Crippen molar-refractivity contribution in [1.82, 2.24) is 14.9 Å². The molecule has 0 spiro atoms. The summed E-state index contributed by atoms with van der Waals surface area (Å²) in [6.07, 6.45) is 5.71. The van der Waals surface area contributed by atoms with E-state index in [9.17, 15) is 14.7 Å². The number of carboxylic acid groups (broad SMARTS) is 1. The number of amides is 2. The second-order valence-corrected chi connectivity index (χ2v) is 14.9. The lowest BCUT2D eigenvalue weighted by Gasteiger charge is -2.40. The van der Waals surface area contributed by atoms with Crippen LogP contribution in [-0.2, 0) is 11.3 Å². The number of hydrogen-bond donors (Lipinski definition) is 1. The smallest absolute Gasteiger partial charge is 0.415 e. The van der Waals surface area contributed by atoms with E-state index < -0.39 is 29.4 Å². The Kier molecular flexibility index (Phi) is 12.6. The Hall–Kier alpha value is -6.28. The van der Waals surface area contributed by atoms with Crippen LogP contribution in [0.25, 0.3) is 22.3 Å². The van der Waals surface area contributed by atoms with Gasteiger partial charge in [-0.25, -0.2) is 9.59 Å². The molecule has 8 heteroatoms. The zero-order valence-corrected chi connectivity index (χ0v) is 31.8. The molecule has 0 saturated carbocycles. The molecule has 2 amide bonds. The summed E-state index contributed by atoms with van der Waals surface area (Å²) in [5.74, 6) is 0. The van der Waals surface area contributed by atoms with Crippen molar-refractivity contribution in [2.24, 2.45) is 0 Å². The Bertz CT molecular complexity index is 2100. The molecule has 0 saturated heterocycles. The van der Waals surface area contributed by atoms with Gasteiger partial charge in [-0.15, -0.1) is 0 Å². The number of nitrogens with zero attached hydrogens (tertiary/aromatic N) is 4. The maximum atomic E-state index is 12.9. The molecule has 1 atom stereocenters. The minimum atomic E-state index is -0.957. The van der Waals surface area contributed by atoms with Crippen molar-refractivity contribution >= 4 is 17.9 Å². The lowest BCUT2D eigenvalue weighted by atomic mass is 9.92. The van der Waals surface area contributed by atoms with Crippen LogP contribution in [0, 0.1) is 0 Å². The van der Waals surface area contributed by atoms with E-state index in [0.717, 1.165) is 38.9 Å². The summed E-state index contributed by atoms with van der Waals surface area (Å²) < 4.78 is 5.63. The second kappa shape index (κ2) is 17.5. The number of ether oxygens (including phenoxy) is 1. The van der Waals surface area contributed by atoms with Gasteiger partial charge in [-0.1, -0.05) is 121 Å². The Morgan fingerprint density at radius 2 is 1.09 bits per heavy atom. The fourth-order valence-corrected chi connectivity index (χ4v) is 6.01. The van der Waals surface area contributed by atoms with Gasteiger partial charge in [0.15, 0.2) is 0 Å². The van der Waals surface area contributed by atoms with Crippen LogP contribution in [0.5, 0.6) is 0 Å². The number of carbonyl (C=O) groups is 2. The fraction of sp³-hybridized carbons (Fsp3) is 0.217. The molecule has 276 valence electrons. The summed E-state index contributed by atoms with van der Waals surface area (Å²) in [4.78, 5) is 37.0. The molecule has 2 aromatic heterocycles. The lowest BCUT2D eigenvalue weighted by Crippen LogP contribution is -2.47. The third kappa shape index (κ3) is 10.6. The number of aromatic nitrogens is 2. The molecule has 2 heterocycles. The predicted molar refractivity (Wildman–Crippen MR) is 216 cm³/mol. The van der Waals surface area contributed by atoms with Gasteiger partial charge in [-0.2, -0.15) is 0 Å². The molecule has 0 aliphatic carbocycles. The first kappa shape index (κ1) is 38.9. The van der Waals surface area contributed by atoms with Crippen molar-refractivity contribution in [1.29, 1.82) is 0 Å². The Morgan fingerprint density at radius 1 is 0.611 bits per heavy atom. The first-order valence-corrected chi connectivity index (χ1v) is 17.9. The van der Waals surface area contributed by atoms with Crippen molar-refractivity contribution in [2.45, 2.75) is 65.3 Å². The third-order valence-electron chi connectivity index (χ3n) is 8.42. The molecule has 0 aliphatic heterocycles. The van der Waals surface area contributed by atoms with Crippen molar-refractivity contribution in [3.63, 3.8) is 0 Å². The molecule has 1 N–H and O–H groups in total. The Balaban J connectivity index is 0.000000208. The SMILES string of the molecule is CC(C)(C)N(C(=O)O)C(c1ccccc1)c1cncc(-c2ccccc2)c1.CC(C)(C)OC(=O)N(Cc1ccccc1)c1cncc(-c2ccccc2)c1. The molecular formula is C46H48N4O4. The molecule has 4 aromatic carbocycles. The highest BCUT2D eigenvalue weighted by atomic mass is 16.6. The van der Waals surface area contributed by atoms with E-state index in [2.05, 4.69) is 9.97 Å². The van der Waals surface area contributed by atoms with Gasteiger partial charge in [0.25, 0.3) is 0 Å². The Labute approximate surface area is 318 Å². The third-order valence-corrected chi connectivity index (χ3v) is 8.42. The van der Waals surface area contributed by atoms with Gasteiger partial charge in [0.1, 0.15) is 5.60 Å². The molecule has 6 aromatic rings. The summed E-state index contributed by atoms with van der Waals surface area (Å²) in [5, 5.41) is 9.99. The van der Waals surface area contributed by atoms with E-state index in [-0.39, 0.29) is 0 Å². The van der Waals surface area contributed by atoms with Crippen LogP contribution in [0.15, 0.2) is 158 Å². The molecular weight excluding hydrogens is 673 g/mol.